The number of primary sulfonamides is 1. The molecule has 10 heteroatoms. The van der Waals surface area contributed by atoms with E-state index in [1.807, 2.05) is 13.8 Å². The number of rotatable bonds is 5. The molecule has 0 spiro atoms. The Morgan fingerprint density at radius 3 is 2.52 bits per heavy atom. The number of hydrogen-bond acceptors (Lipinski definition) is 5. The Labute approximate surface area is 178 Å². The van der Waals surface area contributed by atoms with E-state index in [-0.39, 0.29) is 15.7 Å². The van der Waals surface area contributed by atoms with Crippen LogP contribution in [-0.4, -0.2) is 25.1 Å². The highest BCUT2D eigenvalue weighted by Crippen LogP contribution is 2.37. The van der Waals surface area contributed by atoms with Gasteiger partial charge in [-0.1, -0.05) is 31.5 Å². The van der Waals surface area contributed by atoms with Gasteiger partial charge in [0.05, 0.1) is 29.7 Å². The third kappa shape index (κ3) is 4.00. The van der Waals surface area contributed by atoms with Gasteiger partial charge in [0.1, 0.15) is 4.90 Å². The Kier molecular flexibility index (Phi) is 5.70. The van der Waals surface area contributed by atoms with Gasteiger partial charge in [0.15, 0.2) is 16.7 Å². The number of hydrogen-bond donors (Lipinski definition) is 2. The van der Waals surface area contributed by atoms with Gasteiger partial charge in [-0.25, -0.2) is 22.9 Å². The summed E-state index contributed by atoms with van der Waals surface area (Å²) in [5, 5.41) is 5.62. The van der Waals surface area contributed by atoms with Crippen molar-refractivity contribution in [3.05, 3.63) is 64.7 Å². The van der Waals surface area contributed by atoms with Crippen molar-refractivity contribution in [2.45, 2.75) is 29.3 Å². The Bertz CT molecular complexity index is 1190. The fraction of sp³-hybridized carbons (Fsp3) is 0.211. The van der Waals surface area contributed by atoms with Crippen molar-refractivity contribution in [1.82, 2.24) is 9.55 Å². The summed E-state index contributed by atoms with van der Waals surface area (Å²) < 4.78 is 44.0. The summed E-state index contributed by atoms with van der Waals surface area (Å²) in [6, 6.07) is 9.02. The van der Waals surface area contributed by atoms with E-state index >= 15 is 0 Å². The van der Waals surface area contributed by atoms with Crippen LogP contribution in [0.1, 0.15) is 25.1 Å². The van der Waals surface area contributed by atoms with Gasteiger partial charge in [-0.3, -0.25) is 4.57 Å². The van der Waals surface area contributed by atoms with Crippen molar-refractivity contribution >= 4 is 34.3 Å². The van der Waals surface area contributed by atoms with Crippen molar-refractivity contribution in [1.29, 1.82) is 0 Å². The highest BCUT2D eigenvalue weighted by molar-refractivity contribution is 7.89. The van der Waals surface area contributed by atoms with Gasteiger partial charge < -0.3 is 4.74 Å². The van der Waals surface area contributed by atoms with E-state index in [2.05, 4.69) is 17.6 Å². The van der Waals surface area contributed by atoms with E-state index in [0.29, 0.717) is 10.8 Å². The van der Waals surface area contributed by atoms with Crippen molar-refractivity contribution in [2.75, 3.05) is 7.11 Å². The maximum Gasteiger partial charge on any atom is 0.239 e. The minimum atomic E-state index is -3.93. The number of thiol groups is 1. The van der Waals surface area contributed by atoms with Crippen molar-refractivity contribution in [3.63, 3.8) is 0 Å². The molecule has 0 atom stereocenters. The number of methoxy groups -OCH3 is 1. The summed E-state index contributed by atoms with van der Waals surface area (Å²) in [7, 11) is -2.54. The van der Waals surface area contributed by atoms with E-state index < -0.39 is 21.3 Å². The second-order valence-electron chi connectivity index (χ2n) is 6.91. The predicted molar refractivity (Wildman–Crippen MR) is 112 cm³/mol. The lowest BCUT2D eigenvalue weighted by Gasteiger charge is -2.27. The van der Waals surface area contributed by atoms with Crippen LogP contribution in [0.5, 0.6) is 5.75 Å². The first kappa shape index (κ1) is 21.6. The number of sulfonamides is 1. The molecule has 1 aromatic heterocycles. The lowest BCUT2D eigenvalue weighted by Crippen LogP contribution is -2.23. The molecule has 1 heterocycles. The third-order valence-electron chi connectivity index (χ3n) is 4.74. The molecule has 0 aliphatic rings. The number of nitrogens with zero attached hydrogens (tertiary/aromatic N) is 2. The van der Waals surface area contributed by atoms with Gasteiger partial charge in [0, 0.05) is 11.5 Å². The van der Waals surface area contributed by atoms with Crippen LogP contribution in [0.2, 0.25) is 5.02 Å². The molecule has 0 amide bonds. The van der Waals surface area contributed by atoms with Crippen LogP contribution in [0.15, 0.2) is 52.6 Å². The van der Waals surface area contributed by atoms with Crippen LogP contribution >= 0.6 is 24.2 Å². The first-order valence-electron chi connectivity index (χ1n) is 8.40. The molecular formula is C19H19ClFN3O3S2. The molecule has 154 valence electrons. The molecule has 0 aliphatic carbocycles. The van der Waals surface area contributed by atoms with Crippen LogP contribution < -0.4 is 9.88 Å². The molecule has 0 radical (unpaired) electrons. The molecule has 0 aliphatic heterocycles. The molecular weight excluding hydrogens is 437 g/mol. The van der Waals surface area contributed by atoms with E-state index in [9.17, 15) is 12.8 Å². The topological polar surface area (TPSA) is 87.2 Å². The van der Waals surface area contributed by atoms with Gasteiger partial charge in [-0.15, -0.1) is 12.6 Å². The van der Waals surface area contributed by atoms with Gasteiger partial charge in [0.25, 0.3) is 0 Å². The first-order valence-corrected chi connectivity index (χ1v) is 10.8. The Morgan fingerprint density at radius 2 is 1.93 bits per heavy atom. The average molecular weight is 456 g/mol. The van der Waals surface area contributed by atoms with E-state index in [1.165, 1.54) is 19.2 Å². The first-order chi connectivity index (χ1) is 13.5. The molecule has 0 bridgehead atoms. The number of benzene rings is 2. The number of nitrogens with two attached hydrogens (primary N) is 1. The highest BCUT2D eigenvalue weighted by Gasteiger charge is 2.30. The lowest BCUT2D eigenvalue weighted by atomic mass is 9.81. The number of ether oxygens (including phenoxy) is 1. The molecule has 29 heavy (non-hydrogen) atoms. The van der Waals surface area contributed by atoms with Crippen LogP contribution in [0.4, 0.5) is 4.39 Å². The monoisotopic (exact) mass is 455 g/mol. The van der Waals surface area contributed by atoms with E-state index in [4.69, 9.17) is 21.5 Å². The molecule has 0 unspecified atom stereocenters. The maximum atomic E-state index is 13.8. The van der Waals surface area contributed by atoms with Gasteiger partial charge in [-0.2, -0.15) is 0 Å². The molecule has 2 aromatic carbocycles. The van der Waals surface area contributed by atoms with Gasteiger partial charge >= 0.3 is 0 Å². The second-order valence-corrected chi connectivity index (χ2v) is 9.25. The minimum Gasteiger partial charge on any atom is -0.494 e. The Hall–Kier alpha value is -2.07. The standard InChI is InChI=1S/C19H19ClFN3O3S2/c1-19(2,11-4-7-16(13(20)8-11)29(22,25)26)17-10-23-18(28)24(17)12-5-6-14(21)15(9-12)27-3/h4-10H,1-3H3,(H,23,28)(H2,22,25,26). The van der Waals surface area contributed by atoms with Crippen LogP contribution in [0, 0.1) is 5.82 Å². The van der Waals surface area contributed by atoms with Crippen molar-refractivity contribution in [2.24, 2.45) is 5.14 Å². The Balaban J connectivity index is 2.16. The van der Waals surface area contributed by atoms with Crippen molar-refractivity contribution < 1.29 is 17.5 Å². The smallest absolute Gasteiger partial charge is 0.239 e. The fourth-order valence-electron chi connectivity index (χ4n) is 3.09. The third-order valence-corrected chi connectivity index (χ3v) is 6.45. The van der Waals surface area contributed by atoms with E-state index in [0.717, 1.165) is 11.3 Å². The van der Waals surface area contributed by atoms with Crippen LogP contribution in [0.25, 0.3) is 5.69 Å². The summed E-state index contributed by atoms with van der Waals surface area (Å²) in [5.41, 5.74) is 1.42. The van der Waals surface area contributed by atoms with Gasteiger partial charge in [-0.05, 0) is 29.8 Å². The second kappa shape index (κ2) is 7.64. The van der Waals surface area contributed by atoms with Crippen LogP contribution in [0.3, 0.4) is 0 Å². The zero-order chi connectivity index (χ0) is 21.6. The fourth-order valence-corrected chi connectivity index (χ4v) is 4.47. The summed E-state index contributed by atoms with van der Waals surface area (Å²) in [6.45, 7) is 3.85. The number of imidazole rings is 1. The molecule has 6 nitrogen and oxygen atoms in total. The summed E-state index contributed by atoms with van der Waals surface area (Å²) in [4.78, 5) is 4.14. The Morgan fingerprint density at radius 1 is 1.24 bits per heavy atom. The minimum absolute atomic E-state index is 0.0266. The molecule has 3 aromatic rings. The molecule has 0 fully saturated rings. The summed E-state index contributed by atoms with van der Waals surface area (Å²) in [5.74, 6) is -0.392. The predicted octanol–water partition coefficient (Wildman–Crippen LogP) is 3.94. The molecule has 2 N–H and O–H groups in total. The zero-order valence-electron chi connectivity index (χ0n) is 15.8. The number of aromatic nitrogens is 2. The number of halogens is 2. The quantitative estimate of drug-likeness (QED) is 0.570. The zero-order valence-corrected chi connectivity index (χ0v) is 18.3. The molecule has 0 saturated heterocycles. The summed E-state index contributed by atoms with van der Waals surface area (Å²) >= 11 is 10.6. The highest BCUT2D eigenvalue weighted by atomic mass is 35.5. The SMILES string of the molecule is COc1cc(-n2c(C(C)(C)c3ccc(S(N)(=O)=O)c(Cl)c3)cnc2S)ccc1F. The van der Waals surface area contributed by atoms with Crippen LogP contribution in [-0.2, 0) is 15.4 Å². The molecule has 3 rings (SSSR count). The van der Waals surface area contributed by atoms with Gasteiger partial charge in [0.2, 0.25) is 10.0 Å². The molecule has 0 saturated carbocycles. The average Bonchev–Trinajstić information content (AvgIpc) is 3.03. The van der Waals surface area contributed by atoms with Crippen molar-refractivity contribution in [3.8, 4) is 11.4 Å². The van der Waals surface area contributed by atoms with E-state index in [1.54, 1.807) is 35.0 Å². The summed E-state index contributed by atoms with van der Waals surface area (Å²) in [6.07, 6.45) is 1.65. The lowest BCUT2D eigenvalue weighted by molar-refractivity contribution is 0.386. The normalized spacial score (nSPS) is 12.2. The maximum absolute atomic E-state index is 13.8. The largest absolute Gasteiger partial charge is 0.494 e.